The van der Waals surface area contributed by atoms with E-state index in [0.717, 1.165) is 37.5 Å². The first kappa shape index (κ1) is 32.0. The predicted molar refractivity (Wildman–Crippen MR) is 127 cm³/mol. The van der Waals surface area contributed by atoms with E-state index in [2.05, 4.69) is 31.9 Å². The predicted octanol–water partition coefficient (Wildman–Crippen LogP) is 6.09. The summed E-state index contributed by atoms with van der Waals surface area (Å²) in [4.78, 5) is 0. The van der Waals surface area contributed by atoms with Crippen LogP contribution in [-0.2, 0) is 14.6 Å². The lowest BCUT2D eigenvalue weighted by Gasteiger charge is -2.18. The number of hydrogen-bond donors (Lipinski definition) is 3. The molecule has 0 aromatic carbocycles. The maximum absolute atomic E-state index is 10.4. The molecule has 0 heterocycles. The second kappa shape index (κ2) is 20.7. The summed E-state index contributed by atoms with van der Waals surface area (Å²) in [5, 5.41) is 8.77. The normalized spacial score (nSPS) is 15.7. The minimum absolute atomic E-state index is 0.0692. The first-order valence-corrected chi connectivity index (χ1v) is 13.4. The molecular formula is C23H51NO5S. The molecule has 6 nitrogen and oxygen atoms in total. The summed E-state index contributed by atoms with van der Waals surface area (Å²) < 4.78 is 33.6. The Labute approximate surface area is 187 Å². The van der Waals surface area contributed by atoms with Crippen molar-refractivity contribution in [1.29, 1.82) is 0 Å². The van der Waals surface area contributed by atoms with Gasteiger partial charge in [0.25, 0.3) is 0 Å². The lowest BCUT2D eigenvalue weighted by molar-refractivity contribution is 0.168. The minimum Gasteiger partial charge on any atom is -0.379 e. The third kappa shape index (κ3) is 25.8. The molecule has 0 saturated heterocycles. The average molecular weight is 454 g/mol. The Bertz CT molecular complexity index is 457. The van der Waals surface area contributed by atoms with Crippen molar-refractivity contribution in [2.24, 2.45) is 23.5 Å². The first-order chi connectivity index (χ1) is 14.0. The fourth-order valence-corrected chi connectivity index (χ4v) is 3.65. The second-order valence-electron chi connectivity index (χ2n) is 8.94. The summed E-state index contributed by atoms with van der Waals surface area (Å²) >= 11 is 0. The van der Waals surface area contributed by atoms with Crippen molar-refractivity contribution in [2.75, 3.05) is 6.61 Å². The third-order valence-electron chi connectivity index (χ3n) is 5.83. The largest absolute Gasteiger partial charge is 0.397 e. The monoisotopic (exact) mass is 453 g/mol. The van der Waals surface area contributed by atoms with Gasteiger partial charge < -0.3 is 10.8 Å². The SMILES string of the molecule is CCC(C)C(C)CCCCC(C)COS(=O)(=O)O.CCCCCCCCCC(N)O. The van der Waals surface area contributed by atoms with Crippen LogP contribution in [0.25, 0.3) is 0 Å². The van der Waals surface area contributed by atoms with E-state index in [1.807, 2.05) is 6.92 Å². The van der Waals surface area contributed by atoms with Crippen LogP contribution in [0.3, 0.4) is 0 Å². The fourth-order valence-electron chi connectivity index (χ4n) is 3.24. The van der Waals surface area contributed by atoms with Gasteiger partial charge in [0.05, 0.1) is 6.61 Å². The Morgan fingerprint density at radius 2 is 1.30 bits per heavy atom. The molecule has 0 fully saturated rings. The Balaban J connectivity index is 0. The van der Waals surface area contributed by atoms with Crippen molar-refractivity contribution in [3.8, 4) is 0 Å². The molecule has 30 heavy (non-hydrogen) atoms. The van der Waals surface area contributed by atoms with Crippen molar-refractivity contribution < 1.29 is 22.3 Å². The molecule has 4 atom stereocenters. The highest BCUT2D eigenvalue weighted by molar-refractivity contribution is 7.80. The van der Waals surface area contributed by atoms with E-state index in [4.69, 9.17) is 15.4 Å². The molecule has 0 aliphatic carbocycles. The highest BCUT2D eigenvalue weighted by atomic mass is 32.3. The van der Waals surface area contributed by atoms with E-state index < -0.39 is 16.6 Å². The van der Waals surface area contributed by atoms with Crippen LogP contribution in [0.2, 0.25) is 0 Å². The van der Waals surface area contributed by atoms with E-state index in [0.29, 0.717) is 0 Å². The topological polar surface area (TPSA) is 110 Å². The molecule has 0 aromatic rings. The van der Waals surface area contributed by atoms with Gasteiger partial charge in [-0.2, -0.15) is 8.42 Å². The molecule has 0 aromatic heterocycles. The molecule has 7 heteroatoms. The van der Waals surface area contributed by atoms with E-state index >= 15 is 0 Å². The quantitative estimate of drug-likeness (QED) is 0.132. The summed E-state index contributed by atoms with van der Waals surface area (Å²) in [6, 6.07) is 0. The standard InChI is InChI=1S/C13H28O4S.C10H23NO/c1-5-12(3)13(4)9-7-6-8-11(2)10-17-18(14,15)16;1-2-3-4-5-6-7-8-9-10(11)12/h11-13H,5-10H2,1-4H3,(H,14,15,16);10,12H,2-9,11H2,1H3. The molecule has 0 amide bonds. The fraction of sp³-hybridized carbons (Fsp3) is 1.00. The number of rotatable bonds is 18. The molecule has 0 saturated carbocycles. The van der Waals surface area contributed by atoms with Crippen molar-refractivity contribution in [3.63, 3.8) is 0 Å². The molecule has 0 radical (unpaired) electrons. The van der Waals surface area contributed by atoms with Crippen LogP contribution in [0.1, 0.15) is 118 Å². The Hall–Kier alpha value is -0.210. The van der Waals surface area contributed by atoms with Gasteiger partial charge in [0, 0.05) is 0 Å². The number of hydrogen-bond acceptors (Lipinski definition) is 5. The van der Waals surface area contributed by atoms with Gasteiger partial charge in [-0.05, 0) is 37.0 Å². The second-order valence-corrected chi connectivity index (χ2v) is 10.0. The van der Waals surface area contributed by atoms with Gasteiger partial charge in [0.15, 0.2) is 0 Å². The molecule has 0 spiro atoms. The molecule has 0 aliphatic heterocycles. The maximum Gasteiger partial charge on any atom is 0.397 e. The van der Waals surface area contributed by atoms with Crippen molar-refractivity contribution in [3.05, 3.63) is 0 Å². The smallest absolute Gasteiger partial charge is 0.379 e. The third-order valence-corrected chi connectivity index (χ3v) is 6.26. The Kier molecular flexibility index (Phi) is 22.0. The van der Waals surface area contributed by atoms with Gasteiger partial charge in [-0.1, -0.05) is 98.8 Å². The maximum atomic E-state index is 10.4. The number of aliphatic hydroxyl groups excluding tert-OH is 1. The number of aliphatic hydroxyl groups is 1. The highest BCUT2D eigenvalue weighted by Gasteiger charge is 2.11. The van der Waals surface area contributed by atoms with E-state index in [9.17, 15) is 8.42 Å². The van der Waals surface area contributed by atoms with Gasteiger partial charge in [0.1, 0.15) is 6.23 Å². The summed E-state index contributed by atoms with van der Waals surface area (Å²) in [5.74, 6) is 1.68. The zero-order valence-corrected chi connectivity index (χ0v) is 21.1. The van der Waals surface area contributed by atoms with Crippen molar-refractivity contribution >= 4 is 10.4 Å². The molecule has 4 N–H and O–H groups in total. The van der Waals surface area contributed by atoms with Gasteiger partial charge in [0.2, 0.25) is 0 Å². The van der Waals surface area contributed by atoms with Crippen molar-refractivity contribution in [2.45, 2.75) is 124 Å². The van der Waals surface area contributed by atoms with E-state index in [1.165, 1.54) is 57.8 Å². The summed E-state index contributed by atoms with van der Waals surface area (Å²) in [7, 11) is -4.28. The van der Waals surface area contributed by atoms with Crippen LogP contribution in [0.5, 0.6) is 0 Å². The van der Waals surface area contributed by atoms with Crippen LogP contribution in [0.15, 0.2) is 0 Å². The average Bonchev–Trinajstić information content (AvgIpc) is 2.68. The zero-order valence-electron chi connectivity index (χ0n) is 20.3. The van der Waals surface area contributed by atoms with E-state index in [-0.39, 0.29) is 12.5 Å². The summed E-state index contributed by atoms with van der Waals surface area (Å²) in [5.41, 5.74) is 5.21. The summed E-state index contributed by atoms with van der Waals surface area (Å²) in [6.45, 7) is 11.0. The van der Waals surface area contributed by atoms with Crippen molar-refractivity contribution in [1.82, 2.24) is 0 Å². The van der Waals surface area contributed by atoms with Crippen LogP contribution < -0.4 is 5.73 Å². The lowest BCUT2D eigenvalue weighted by atomic mass is 9.88. The number of unbranched alkanes of at least 4 members (excludes halogenated alkanes) is 7. The number of nitrogens with two attached hydrogens (primary N) is 1. The molecule has 0 aliphatic rings. The minimum atomic E-state index is -4.28. The summed E-state index contributed by atoms with van der Waals surface area (Å²) in [6.07, 6.45) is 14.8. The zero-order chi connectivity index (χ0) is 23.4. The molecule has 0 rings (SSSR count). The molecule has 184 valence electrons. The van der Waals surface area contributed by atoms with Crippen LogP contribution in [0, 0.1) is 17.8 Å². The highest BCUT2D eigenvalue weighted by Crippen LogP contribution is 2.21. The lowest BCUT2D eigenvalue weighted by Crippen LogP contribution is -2.17. The van der Waals surface area contributed by atoms with Crippen LogP contribution in [0.4, 0.5) is 0 Å². The molecule has 0 bridgehead atoms. The Morgan fingerprint density at radius 3 is 1.80 bits per heavy atom. The van der Waals surface area contributed by atoms with E-state index in [1.54, 1.807) is 0 Å². The van der Waals surface area contributed by atoms with Gasteiger partial charge in [-0.15, -0.1) is 0 Å². The van der Waals surface area contributed by atoms with Gasteiger partial charge in [-0.25, -0.2) is 4.18 Å². The Morgan fingerprint density at radius 1 is 0.800 bits per heavy atom. The van der Waals surface area contributed by atoms with Gasteiger partial charge in [-0.3, -0.25) is 4.55 Å². The van der Waals surface area contributed by atoms with Crippen LogP contribution in [-0.4, -0.2) is 30.9 Å². The van der Waals surface area contributed by atoms with Gasteiger partial charge >= 0.3 is 10.4 Å². The van der Waals surface area contributed by atoms with Crippen LogP contribution >= 0.6 is 0 Å². The molecular weight excluding hydrogens is 402 g/mol. The first-order valence-electron chi connectivity index (χ1n) is 12.1. The molecule has 4 unspecified atom stereocenters.